The van der Waals surface area contributed by atoms with Crippen molar-refractivity contribution in [2.24, 2.45) is 4.99 Å². The van der Waals surface area contributed by atoms with Crippen LogP contribution in [0.2, 0.25) is 0 Å². The number of amidine groups is 1. The molecule has 0 amide bonds. The van der Waals surface area contributed by atoms with Crippen LogP contribution in [0.1, 0.15) is 17.2 Å². The molecule has 2 N–H and O–H groups in total. The smallest absolute Gasteiger partial charge is 0.222 e. The quantitative estimate of drug-likeness (QED) is 0.773. The maximum atomic E-state index is 5.83. The van der Waals surface area contributed by atoms with E-state index >= 15 is 0 Å². The van der Waals surface area contributed by atoms with E-state index < -0.39 is 0 Å². The van der Waals surface area contributed by atoms with E-state index in [0.29, 0.717) is 11.9 Å². The Labute approximate surface area is 104 Å². The number of fused-ring (bicyclic) bond motifs is 3. The average Bonchev–Trinajstić information content (AvgIpc) is 2.74. The van der Waals surface area contributed by atoms with Gasteiger partial charge in [0.1, 0.15) is 11.7 Å². The van der Waals surface area contributed by atoms with E-state index in [1.165, 1.54) is 0 Å². The fraction of sp³-hybridized carbons (Fsp3) is 0.417. The van der Waals surface area contributed by atoms with Crippen molar-refractivity contribution in [2.75, 3.05) is 36.9 Å². The van der Waals surface area contributed by atoms with Gasteiger partial charge in [-0.1, -0.05) is 0 Å². The molecule has 0 aromatic carbocycles. The van der Waals surface area contributed by atoms with Crippen LogP contribution in [0.15, 0.2) is 11.1 Å². The molecule has 1 saturated heterocycles. The summed E-state index contributed by atoms with van der Waals surface area (Å²) < 4.78 is 5.24. The van der Waals surface area contributed by atoms with E-state index in [2.05, 4.69) is 19.9 Å². The Morgan fingerprint density at radius 1 is 1.28 bits per heavy atom. The van der Waals surface area contributed by atoms with Crippen LogP contribution in [0, 0.1) is 0 Å². The Bertz CT molecular complexity index is 576. The van der Waals surface area contributed by atoms with E-state index in [9.17, 15) is 0 Å². The highest BCUT2D eigenvalue weighted by atomic mass is 16.5. The van der Waals surface area contributed by atoms with Gasteiger partial charge in [0.2, 0.25) is 5.95 Å². The number of anilines is 2. The van der Waals surface area contributed by atoms with Crippen LogP contribution in [0.4, 0.5) is 11.8 Å². The van der Waals surface area contributed by atoms with E-state index in [-0.39, 0.29) is 0 Å². The van der Waals surface area contributed by atoms with Gasteiger partial charge in [-0.2, -0.15) is 4.98 Å². The predicted molar refractivity (Wildman–Crippen MR) is 68.7 cm³/mol. The van der Waals surface area contributed by atoms with Crippen molar-refractivity contribution in [3.05, 3.63) is 17.3 Å². The minimum absolute atomic E-state index is 0.331. The van der Waals surface area contributed by atoms with Crippen molar-refractivity contribution < 1.29 is 4.74 Å². The van der Waals surface area contributed by atoms with Crippen LogP contribution in [0.5, 0.6) is 0 Å². The number of nitrogens with two attached hydrogens (primary N) is 1. The summed E-state index contributed by atoms with van der Waals surface area (Å²) in [7, 11) is 0. The number of hydrogen-bond acceptors (Lipinski definition) is 6. The molecular formula is C12H13N5O. The number of nitrogens with zero attached hydrogens (tertiary/aromatic N) is 4. The molecule has 0 atom stereocenters. The van der Waals surface area contributed by atoms with Gasteiger partial charge in [0.25, 0.3) is 0 Å². The summed E-state index contributed by atoms with van der Waals surface area (Å²) in [5.41, 5.74) is 7.90. The van der Waals surface area contributed by atoms with Crippen LogP contribution in [-0.2, 0) is 4.74 Å². The lowest BCUT2D eigenvalue weighted by Gasteiger charge is -2.30. The molecule has 0 spiro atoms. The van der Waals surface area contributed by atoms with Gasteiger partial charge in [0, 0.05) is 18.0 Å². The highest BCUT2D eigenvalue weighted by Gasteiger charge is 2.31. The molecule has 4 heterocycles. The number of rotatable bonds is 1. The predicted octanol–water partition coefficient (Wildman–Crippen LogP) is 0.418. The maximum absolute atomic E-state index is 5.83. The Balaban J connectivity index is 1.89. The third kappa shape index (κ3) is 1.29. The number of nitrogen functional groups attached to an aromatic ring is 1. The second kappa shape index (κ2) is 3.52. The first-order valence-electron chi connectivity index (χ1n) is 6.08. The van der Waals surface area contributed by atoms with E-state index in [0.717, 1.165) is 49.2 Å². The lowest BCUT2D eigenvalue weighted by atomic mass is 9.97. The molecule has 1 fully saturated rings. The van der Waals surface area contributed by atoms with E-state index in [1.807, 2.05) is 12.2 Å². The minimum atomic E-state index is 0.331. The van der Waals surface area contributed by atoms with Gasteiger partial charge in [-0.15, -0.1) is 0 Å². The lowest BCUT2D eigenvalue weighted by molar-refractivity contribution is 0.00666. The first-order chi connectivity index (χ1) is 8.83. The SMILES string of the molecule is Nc1nc(C2COC2)c2c(n1)N1CCN=C1C=C2. The maximum Gasteiger partial charge on any atom is 0.222 e. The van der Waals surface area contributed by atoms with Crippen LogP contribution >= 0.6 is 0 Å². The molecule has 0 bridgehead atoms. The molecule has 92 valence electrons. The van der Waals surface area contributed by atoms with Gasteiger partial charge in [0.05, 0.1) is 25.5 Å². The molecule has 1 aromatic rings. The zero-order valence-corrected chi connectivity index (χ0v) is 9.83. The van der Waals surface area contributed by atoms with Crippen molar-refractivity contribution in [1.82, 2.24) is 9.97 Å². The fourth-order valence-corrected chi connectivity index (χ4v) is 2.54. The van der Waals surface area contributed by atoms with Gasteiger partial charge in [0.15, 0.2) is 0 Å². The van der Waals surface area contributed by atoms with Crippen LogP contribution in [0.3, 0.4) is 0 Å². The molecule has 0 unspecified atom stereocenters. The molecule has 1 aromatic heterocycles. The molecule has 6 heteroatoms. The fourth-order valence-electron chi connectivity index (χ4n) is 2.54. The highest BCUT2D eigenvalue weighted by Crippen LogP contribution is 2.35. The number of aromatic nitrogens is 2. The van der Waals surface area contributed by atoms with Gasteiger partial charge in [-0.05, 0) is 12.2 Å². The van der Waals surface area contributed by atoms with Crippen molar-refractivity contribution in [3.63, 3.8) is 0 Å². The molecule has 0 aliphatic carbocycles. The first kappa shape index (κ1) is 10.0. The van der Waals surface area contributed by atoms with Gasteiger partial charge in [-0.3, -0.25) is 4.99 Å². The molecule has 3 aliphatic rings. The van der Waals surface area contributed by atoms with Crippen molar-refractivity contribution >= 4 is 23.7 Å². The van der Waals surface area contributed by atoms with Crippen LogP contribution < -0.4 is 10.6 Å². The Morgan fingerprint density at radius 2 is 2.17 bits per heavy atom. The molecule has 4 rings (SSSR count). The van der Waals surface area contributed by atoms with Crippen molar-refractivity contribution in [3.8, 4) is 0 Å². The second-order valence-corrected chi connectivity index (χ2v) is 4.66. The Kier molecular flexibility index (Phi) is 1.96. The normalized spacial score (nSPS) is 21.3. The zero-order chi connectivity index (χ0) is 12.1. The molecular weight excluding hydrogens is 230 g/mol. The van der Waals surface area contributed by atoms with Gasteiger partial charge >= 0.3 is 0 Å². The summed E-state index contributed by atoms with van der Waals surface area (Å²) in [6.45, 7) is 3.12. The largest absolute Gasteiger partial charge is 0.380 e. The number of aliphatic imine (C=N–C) groups is 1. The Hall–Kier alpha value is -1.95. The topological polar surface area (TPSA) is 76.6 Å². The first-order valence-corrected chi connectivity index (χ1v) is 6.08. The average molecular weight is 243 g/mol. The molecule has 0 radical (unpaired) electrons. The summed E-state index contributed by atoms with van der Waals surface area (Å²) in [6, 6.07) is 0. The van der Waals surface area contributed by atoms with Crippen LogP contribution in [0.25, 0.3) is 6.08 Å². The summed E-state index contributed by atoms with van der Waals surface area (Å²) in [5.74, 6) is 2.53. The standard InChI is InChI=1S/C12H13N5O/c13-12-15-10(7-5-18-6-7)8-1-2-9-14-3-4-17(9)11(8)16-12/h1-2,7H,3-6H2,(H2,13,15,16). The summed E-state index contributed by atoms with van der Waals surface area (Å²) in [6.07, 6.45) is 4.07. The molecule has 3 aliphatic heterocycles. The zero-order valence-electron chi connectivity index (χ0n) is 9.83. The Morgan fingerprint density at radius 3 is 2.94 bits per heavy atom. The summed E-state index contributed by atoms with van der Waals surface area (Å²) >= 11 is 0. The molecule has 0 saturated carbocycles. The molecule has 6 nitrogen and oxygen atoms in total. The second-order valence-electron chi connectivity index (χ2n) is 4.66. The highest BCUT2D eigenvalue weighted by molar-refractivity contribution is 6.12. The molecule has 18 heavy (non-hydrogen) atoms. The monoisotopic (exact) mass is 243 g/mol. The van der Waals surface area contributed by atoms with Crippen LogP contribution in [-0.4, -0.2) is 42.1 Å². The van der Waals surface area contributed by atoms with E-state index in [4.69, 9.17) is 10.5 Å². The third-order valence-electron chi connectivity index (χ3n) is 3.53. The summed E-state index contributed by atoms with van der Waals surface area (Å²) in [4.78, 5) is 15.3. The number of hydrogen-bond donors (Lipinski definition) is 1. The van der Waals surface area contributed by atoms with Crippen molar-refractivity contribution in [2.45, 2.75) is 5.92 Å². The van der Waals surface area contributed by atoms with Gasteiger partial charge < -0.3 is 15.4 Å². The number of ether oxygens (including phenoxy) is 1. The summed E-state index contributed by atoms with van der Waals surface area (Å²) in [5, 5.41) is 0. The van der Waals surface area contributed by atoms with Crippen molar-refractivity contribution in [1.29, 1.82) is 0 Å². The van der Waals surface area contributed by atoms with E-state index in [1.54, 1.807) is 0 Å². The minimum Gasteiger partial charge on any atom is -0.380 e. The third-order valence-corrected chi connectivity index (χ3v) is 3.53. The van der Waals surface area contributed by atoms with Gasteiger partial charge in [-0.25, -0.2) is 4.98 Å². The lowest BCUT2D eigenvalue weighted by Crippen LogP contribution is -2.33.